The van der Waals surface area contributed by atoms with Crippen molar-refractivity contribution in [1.82, 2.24) is 9.80 Å². The number of amides is 1. The van der Waals surface area contributed by atoms with Gasteiger partial charge in [0, 0.05) is 30.0 Å². The van der Waals surface area contributed by atoms with Gasteiger partial charge < -0.3 is 4.90 Å². The Labute approximate surface area is 158 Å². The summed E-state index contributed by atoms with van der Waals surface area (Å²) in [5.74, 6) is 0.313. The molecule has 26 heavy (non-hydrogen) atoms. The molecule has 2 aliphatic rings. The van der Waals surface area contributed by atoms with Crippen LogP contribution in [0.25, 0.3) is 0 Å². The molecule has 0 radical (unpaired) electrons. The molecule has 2 saturated heterocycles. The summed E-state index contributed by atoms with van der Waals surface area (Å²) in [6.45, 7) is 15.2. The van der Waals surface area contributed by atoms with E-state index in [0.29, 0.717) is 25.9 Å². The van der Waals surface area contributed by atoms with Crippen LogP contribution in [0.15, 0.2) is 0 Å². The highest BCUT2D eigenvalue weighted by molar-refractivity contribution is 5.92. The first-order valence-corrected chi connectivity index (χ1v) is 9.91. The van der Waals surface area contributed by atoms with E-state index in [1.165, 1.54) is 0 Å². The fourth-order valence-corrected chi connectivity index (χ4v) is 4.27. The molecule has 1 amide bonds. The van der Waals surface area contributed by atoms with Crippen molar-refractivity contribution in [3.8, 4) is 6.07 Å². The van der Waals surface area contributed by atoms with E-state index in [1.54, 1.807) is 0 Å². The van der Waals surface area contributed by atoms with Gasteiger partial charge in [0.15, 0.2) is 5.78 Å². The predicted molar refractivity (Wildman–Crippen MR) is 102 cm³/mol. The van der Waals surface area contributed by atoms with Crippen molar-refractivity contribution >= 4 is 11.7 Å². The van der Waals surface area contributed by atoms with Gasteiger partial charge in [0.1, 0.15) is 5.41 Å². The fourth-order valence-electron chi connectivity index (χ4n) is 4.27. The fraction of sp³-hybridized carbons (Fsp3) is 0.857. The molecule has 0 N–H and O–H groups in total. The topological polar surface area (TPSA) is 64.4 Å². The molecule has 0 aromatic rings. The first-order chi connectivity index (χ1) is 11.9. The van der Waals surface area contributed by atoms with Crippen LogP contribution >= 0.6 is 0 Å². The maximum absolute atomic E-state index is 12.9. The van der Waals surface area contributed by atoms with Crippen molar-refractivity contribution in [1.29, 1.82) is 5.26 Å². The zero-order chi connectivity index (χ0) is 19.8. The number of carbonyl (C=O) groups excluding carboxylic acids is 2. The van der Waals surface area contributed by atoms with Gasteiger partial charge in [-0.2, -0.15) is 5.26 Å². The average Bonchev–Trinajstić information content (AvgIpc) is 2.59. The van der Waals surface area contributed by atoms with Crippen LogP contribution in [-0.2, 0) is 9.59 Å². The summed E-state index contributed by atoms with van der Waals surface area (Å²) in [7, 11) is 0. The van der Waals surface area contributed by atoms with E-state index < -0.39 is 10.8 Å². The zero-order valence-electron chi connectivity index (χ0n) is 17.4. The SMILES string of the molecule is CC(C)(C)C(=O)C1(C#N)CCN(C(=O)C2CCN(C(C)(C)C)CC2)CC1. The van der Waals surface area contributed by atoms with Gasteiger partial charge in [0.2, 0.25) is 5.91 Å². The molecule has 5 nitrogen and oxygen atoms in total. The van der Waals surface area contributed by atoms with Gasteiger partial charge in [-0.3, -0.25) is 14.5 Å². The first-order valence-electron chi connectivity index (χ1n) is 9.91. The van der Waals surface area contributed by atoms with Gasteiger partial charge in [-0.25, -0.2) is 0 Å². The number of likely N-dealkylation sites (tertiary alicyclic amines) is 2. The molecule has 0 spiro atoms. The molecular formula is C21H35N3O2. The predicted octanol–water partition coefficient (Wildman–Crippen LogP) is 3.24. The number of ketones is 1. The number of Topliss-reactive ketones (excluding diaryl/α,β-unsaturated/α-hetero) is 1. The summed E-state index contributed by atoms with van der Waals surface area (Å²) >= 11 is 0. The number of carbonyl (C=O) groups is 2. The lowest BCUT2D eigenvalue weighted by Gasteiger charge is -2.43. The largest absolute Gasteiger partial charge is 0.342 e. The Balaban J connectivity index is 1.95. The van der Waals surface area contributed by atoms with Crippen molar-refractivity contribution < 1.29 is 9.59 Å². The molecule has 2 rings (SSSR count). The van der Waals surface area contributed by atoms with Crippen molar-refractivity contribution in [2.75, 3.05) is 26.2 Å². The molecule has 2 fully saturated rings. The number of rotatable bonds is 2. The molecule has 0 aliphatic carbocycles. The van der Waals surface area contributed by atoms with Crippen molar-refractivity contribution in [2.24, 2.45) is 16.7 Å². The Morgan fingerprint density at radius 1 is 0.962 bits per heavy atom. The number of piperidine rings is 2. The molecule has 0 bridgehead atoms. The number of hydrogen-bond donors (Lipinski definition) is 0. The van der Waals surface area contributed by atoms with Crippen molar-refractivity contribution in [2.45, 2.75) is 72.8 Å². The molecule has 0 saturated carbocycles. The third-order valence-corrected chi connectivity index (χ3v) is 6.05. The van der Waals surface area contributed by atoms with Gasteiger partial charge in [-0.05, 0) is 59.5 Å². The molecule has 2 aliphatic heterocycles. The highest BCUT2D eigenvalue weighted by Gasteiger charge is 2.47. The Morgan fingerprint density at radius 3 is 1.85 bits per heavy atom. The van der Waals surface area contributed by atoms with Gasteiger partial charge in [0.25, 0.3) is 0 Å². The third-order valence-electron chi connectivity index (χ3n) is 6.05. The van der Waals surface area contributed by atoms with Gasteiger partial charge in [-0.1, -0.05) is 20.8 Å². The van der Waals surface area contributed by atoms with Crippen LogP contribution in [0.3, 0.4) is 0 Å². The maximum Gasteiger partial charge on any atom is 0.225 e. The molecule has 0 aromatic carbocycles. The summed E-state index contributed by atoms with van der Waals surface area (Å²) in [5.41, 5.74) is -1.30. The van der Waals surface area contributed by atoms with Crippen LogP contribution in [-0.4, -0.2) is 53.2 Å². The van der Waals surface area contributed by atoms with Gasteiger partial charge in [-0.15, -0.1) is 0 Å². The lowest BCUT2D eigenvalue weighted by atomic mass is 9.68. The van der Waals surface area contributed by atoms with E-state index in [9.17, 15) is 14.9 Å². The molecule has 0 aromatic heterocycles. The molecular weight excluding hydrogens is 326 g/mol. The van der Waals surface area contributed by atoms with Crippen LogP contribution < -0.4 is 0 Å². The second-order valence-electron chi connectivity index (χ2n) is 10.0. The Hall–Kier alpha value is -1.41. The quantitative estimate of drug-likeness (QED) is 0.757. The number of hydrogen-bond acceptors (Lipinski definition) is 4. The minimum Gasteiger partial charge on any atom is -0.342 e. The monoisotopic (exact) mass is 361 g/mol. The van der Waals surface area contributed by atoms with E-state index in [4.69, 9.17) is 0 Å². The summed E-state index contributed by atoms with van der Waals surface area (Å²) in [5, 5.41) is 9.67. The van der Waals surface area contributed by atoms with Crippen LogP contribution in [0.2, 0.25) is 0 Å². The second kappa shape index (κ2) is 7.31. The van der Waals surface area contributed by atoms with Gasteiger partial charge in [0.05, 0.1) is 6.07 Å². The Morgan fingerprint density at radius 2 is 1.46 bits per heavy atom. The summed E-state index contributed by atoms with van der Waals surface area (Å²) in [4.78, 5) is 30.0. The van der Waals surface area contributed by atoms with E-state index in [1.807, 2.05) is 25.7 Å². The smallest absolute Gasteiger partial charge is 0.225 e. The molecule has 5 heteroatoms. The highest BCUT2D eigenvalue weighted by Crippen LogP contribution is 2.39. The molecule has 2 heterocycles. The Bertz CT molecular complexity index is 576. The summed E-state index contributed by atoms with van der Waals surface area (Å²) < 4.78 is 0. The Kier molecular flexibility index (Phi) is 5.87. The lowest BCUT2D eigenvalue weighted by molar-refractivity contribution is -0.144. The van der Waals surface area contributed by atoms with Crippen LogP contribution in [0, 0.1) is 28.1 Å². The van der Waals surface area contributed by atoms with E-state index in [2.05, 4.69) is 31.7 Å². The third kappa shape index (κ3) is 4.28. The van der Waals surface area contributed by atoms with Gasteiger partial charge >= 0.3 is 0 Å². The average molecular weight is 362 g/mol. The zero-order valence-corrected chi connectivity index (χ0v) is 17.4. The van der Waals surface area contributed by atoms with Crippen LogP contribution in [0.4, 0.5) is 0 Å². The van der Waals surface area contributed by atoms with E-state index >= 15 is 0 Å². The molecule has 0 unspecified atom stereocenters. The standard InChI is InChI=1S/C21H35N3O2/c1-19(2,3)18(26)21(15-22)9-13-23(14-10-21)17(25)16-7-11-24(12-8-16)20(4,5)6/h16H,7-14H2,1-6H3. The number of nitriles is 1. The minimum atomic E-state index is -0.926. The normalized spacial score (nSPS) is 22.7. The summed E-state index contributed by atoms with van der Waals surface area (Å²) in [6, 6.07) is 2.29. The van der Waals surface area contributed by atoms with Crippen LogP contribution in [0.5, 0.6) is 0 Å². The first kappa shape index (κ1) is 20.9. The lowest BCUT2D eigenvalue weighted by Crippen LogP contribution is -2.52. The van der Waals surface area contributed by atoms with E-state index in [-0.39, 0.29) is 23.1 Å². The molecule has 146 valence electrons. The summed E-state index contributed by atoms with van der Waals surface area (Å²) in [6.07, 6.45) is 2.73. The number of nitrogens with zero attached hydrogens (tertiary/aromatic N) is 3. The van der Waals surface area contributed by atoms with Crippen molar-refractivity contribution in [3.05, 3.63) is 0 Å². The molecule has 0 atom stereocenters. The minimum absolute atomic E-state index is 0.0121. The second-order valence-corrected chi connectivity index (χ2v) is 10.0. The van der Waals surface area contributed by atoms with Crippen molar-refractivity contribution in [3.63, 3.8) is 0 Å². The highest BCUT2D eigenvalue weighted by atomic mass is 16.2. The van der Waals surface area contributed by atoms with E-state index in [0.717, 1.165) is 25.9 Å². The van der Waals surface area contributed by atoms with Crippen LogP contribution in [0.1, 0.15) is 67.2 Å². The maximum atomic E-state index is 12.9.